The van der Waals surface area contributed by atoms with Gasteiger partial charge in [-0.2, -0.15) is 0 Å². The Bertz CT molecular complexity index is 274. The number of carbonyl (C=O) groups is 1. The smallest absolute Gasteiger partial charge is 0.220 e. The summed E-state index contributed by atoms with van der Waals surface area (Å²) in [6, 6.07) is 0.392. The highest BCUT2D eigenvalue weighted by Gasteiger charge is 2.22. The lowest BCUT2D eigenvalue weighted by atomic mass is 9.86. The molecule has 1 saturated heterocycles. The van der Waals surface area contributed by atoms with Gasteiger partial charge in [-0.3, -0.25) is 4.79 Å². The average molecular weight is 266 g/mol. The highest BCUT2D eigenvalue weighted by atomic mass is 16.1. The Balaban J connectivity index is 1.58. The van der Waals surface area contributed by atoms with Crippen molar-refractivity contribution in [2.75, 3.05) is 13.1 Å². The van der Waals surface area contributed by atoms with E-state index < -0.39 is 0 Å². The van der Waals surface area contributed by atoms with Gasteiger partial charge in [0.25, 0.3) is 0 Å². The van der Waals surface area contributed by atoms with E-state index >= 15 is 0 Å². The summed E-state index contributed by atoms with van der Waals surface area (Å²) in [7, 11) is 0. The van der Waals surface area contributed by atoms with E-state index in [9.17, 15) is 4.79 Å². The van der Waals surface area contributed by atoms with Gasteiger partial charge in [0.2, 0.25) is 5.91 Å². The van der Waals surface area contributed by atoms with E-state index in [2.05, 4.69) is 17.6 Å². The minimum absolute atomic E-state index is 0.273. The summed E-state index contributed by atoms with van der Waals surface area (Å²) in [5.74, 6) is 1.74. The third-order valence-corrected chi connectivity index (χ3v) is 4.87. The topological polar surface area (TPSA) is 41.1 Å². The highest BCUT2D eigenvalue weighted by Crippen LogP contribution is 2.27. The molecule has 1 heterocycles. The number of piperidine rings is 1. The van der Waals surface area contributed by atoms with E-state index in [1.165, 1.54) is 38.5 Å². The maximum atomic E-state index is 12.0. The molecule has 1 aliphatic carbocycles. The molecule has 0 radical (unpaired) electrons. The molecule has 110 valence electrons. The molecule has 0 spiro atoms. The molecule has 0 aromatic rings. The number of carbonyl (C=O) groups excluding carboxylic acids is 1. The van der Waals surface area contributed by atoms with Crippen molar-refractivity contribution in [3.63, 3.8) is 0 Å². The molecular formula is C16H30N2O. The van der Waals surface area contributed by atoms with Gasteiger partial charge in [0.05, 0.1) is 0 Å². The molecule has 1 aliphatic heterocycles. The summed E-state index contributed by atoms with van der Waals surface area (Å²) in [4.78, 5) is 12.0. The van der Waals surface area contributed by atoms with E-state index in [4.69, 9.17) is 0 Å². The zero-order valence-electron chi connectivity index (χ0n) is 12.4. The van der Waals surface area contributed by atoms with Crippen molar-refractivity contribution in [3.05, 3.63) is 0 Å². The lowest BCUT2D eigenvalue weighted by Crippen LogP contribution is -2.48. The number of rotatable bonds is 5. The van der Waals surface area contributed by atoms with Crippen molar-refractivity contribution in [2.24, 2.45) is 11.8 Å². The molecule has 0 aromatic carbocycles. The largest absolute Gasteiger partial charge is 0.353 e. The molecule has 3 nitrogen and oxygen atoms in total. The fraction of sp³-hybridized carbons (Fsp3) is 0.938. The van der Waals surface area contributed by atoms with Crippen molar-refractivity contribution >= 4 is 5.91 Å². The summed E-state index contributed by atoms with van der Waals surface area (Å²) in [5.41, 5.74) is 0. The van der Waals surface area contributed by atoms with Gasteiger partial charge >= 0.3 is 0 Å². The fourth-order valence-electron chi connectivity index (χ4n) is 3.53. The number of hydrogen-bond acceptors (Lipinski definition) is 2. The van der Waals surface area contributed by atoms with Gasteiger partial charge in [0.1, 0.15) is 0 Å². The van der Waals surface area contributed by atoms with Crippen LogP contribution >= 0.6 is 0 Å². The van der Waals surface area contributed by atoms with Crippen LogP contribution in [0.5, 0.6) is 0 Å². The van der Waals surface area contributed by atoms with Crippen LogP contribution in [0.4, 0.5) is 0 Å². The van der Waals surface area contributed by atoms with Gasteiger partial charge in [-0.15, -0.1) is 0 Å². The second-order valence-electron chi connectivity index (χ2n) is 6.54. The molecule has 2 fully saturated rings. The minimum Gasteiger partial charge on any atom is -0.353 e. The van der Waals surface area contributed by atoms with Crippen molar-refractivity contribution in [2.45, 2.75) is 70.8 Å². The summed E-state index contributed by atoms with van der Waals surface area (Å²) in [5, 5.41) is 6.60. The third-order valence-electron chi connectivity index (χ3n) is 4.87. The SMILES string of the molecule is CC1CNCCC1NC(=O)CCCC1CCCCC1. The average Bonchev–Trinajstić information content (AvgIpc) is 2.43. The molecule has 2 unspecified atom stereocenters. The van der Waals surface area contributed by atoms with Crippen molar-refractivity contribution in [1.29, 1.82) is 0 Å². The molecule has 0 bridgehead atoms. The van der Waals surface area contributed by atoms with Crippen LogP contribution in [-0.4, -0.2) is 25.0 Å². The zero-order valence-corrected chi connectivity index (χ0v) is 12.4. The van der Waals surface area contributed by atoms with Crippen LogP contribution < -0.4 is 10.6 Å². The van der Waals surface area contributed by atoms with Crippen molar-refractivity contribution in [3.8, 4) is 0 Å². The van der Waals surface area contributed by atoms with Crippen molar-refractivity contribution in [1.82, 2.24) is 10.6 Å². The van der Waals surface area contributed by atoms with Crippen LogP contribution in [0.1, 0.15) is 64.7 Å². The molecule has 1 saturated carbocycles. The first-order valence-electron chi connectivity index (χ1n) is 8.26. The van der Waals surface area contributed by atoms with Gasteiger partial charge < -0.3 is 10.6 Å². The molecule has 2 aliphatic rings. The maximum absolute atomic E-state index is 12.0. The second-order valence-corrected chi connectivity index (χ2v) is 6.54. The normalized spacial score (nSPS) is 29.1. The summed E-state index contributed by atoms with van der Waals surface area (Å²) < 4.78 is 0. The second kappa shape index (κ2) is 7.88. The number of amides is 1. The van der Waals surface area contributed by atoms with Gasteiger partial charge in [0, 0.05) is 12.5 Å². The lowest BCUT2D eigenvalue weighted by molar-refractivity contribution is -0.122. The zero-order chi connectivity index (χ0) is 13.5. The Hall–Kier alpha value is -0.570. The van der Waals surface area contributed by atoms with E-state index in [0.29, 0.717) is 12.0 Å². The third kappa shape index (κ3) is 5.13. The monoisotopic (exact) mass is 266 g/mol. The predicted octanol–water partition coefficient (Wildman–Crippen LogP) is 2.85. The van der Waals surface area contributed by atoms with Crippen LogP contribution in [0.25, 0.3) is 0 Å². The summed E-state index contributed by atoms with van der Waals surface area (Å²) in [6.45, 7) is 4.30. The van der Waals surface area contributed by atoms with E-state index in [-0.39, 0.29) is 5.91 Å². The Kier molecular flexibility index (Phi) is 6.15. The Labute approximate surface area is 117 Å². The van der Waals surface area contributed by atoms with Crippen LogP contribution in [0.15, 0.2) is 0 Å². The Morgan fingerprint density at radius 3 is 2.74 bits per heavy atom. The first-order chi connectivity index (χ1) is 9.25. The van der Waals surface area contributed by atoms with Crippen LogP contribution in [-0.2, 0) is 4.79 Å². The van der Waals surface area contributed by atoms with Crippen LogP contribution in [0.3, 0.4) is 0 Å². The fourth-order valence-corrected chi connectivity index (χ4v) is 3.53. The van der Waals surface area contributed by atoms with Crippen molar-refractivity contribution < 1.29 is 4.79 Å². The van der Waals surface area contributed by atoms with Gasteiger partial charge in [0.15, 0.2) is 0 Å². The molecular weight excluding hydrogens is 236 g/mol. The summed E-state index contributed by atoms with van der Waals surface area (Å²) in [6.07, 6.45) is 11.2. The molecule has 1 amide bonds. The molecule has 0 aromatic heterocycles. The first-order valence-corrected chi connectivity index (χ1v) is 8.26. The van der Waals surface area contributed by atoms with Gasteiger partial charge in [-0.1, -0.05) is 39.0 Å². The maximum Gasteiger partial charge on any atom is 0.220 e. The Morgan fingerprint density at radius 1 is 1.21 bits per heavy atom. The summed E-state index contributed by atoms with van der Waals surface area (Å²) >= 11 is 0. The minimum atomic E-state index is 0.273. The molecule has 2 N–H and O–H groups in total. The standard InChI is InChI=1S/C16H30N2O/c1-13-12-17-11-10-15(13)18-16(19)9-5-8-14-6-3-2-4-7-14/h13-15,17H,2-12H2,1H3,(H,18,19). The number of nitrogens with one attached hydrogen (secondary N) is 2. The number of hydrogen-bond donors (Lipinski definition) is 2. The van der Waals surface area contributed by atoms with E-state index in [1.54, 1.807) is 0 Å². The van der Waals surface area contributed by atoms with E-state index in [0.717, 1.165) is 38.3 Å². The van der Waals surface area contributed by atoms with Crippen LogP contribution in [0, 0.1) is 11.8 Å². The first kappa shape index (κ1) is 14.8. The molecule has 3 heteroatoms. The van der Waals surface area contributed by atoms with Gasteiger partial charge in [-0.05, 0) is 44.2 Å². The van der Waals surface area contributed by atoms with Crippen LogP contribution in [0.2, 0.25) is 0 Å². The van der Waals surface area contributed by atoms with Gasteiger partial charge in [-0.25, -0.2) is 0 Å². The molecule has 19 heavy (non-hydrogen) atoms. The molecule has 2 rings (SSSR count). The Morgan fingerprint density at radius 2 is 2.00 bits per heavy atom. The highest BCUT2D eigenvalue weighted by molar-refractivity contribution is 5.76. The quantitative estimate of drug-likeness (QED) is 0.803. The molecule has 2 atom stereocenters. The van der Waals surface area contributed by atoms with E-state index in [1.807, 2.05) is 0 Å². The lowest BCUT2D eigenvalue weighted by Gasteiger charge is -2.30. The predicted molar refractivity (Wildman–Crippen MR) is 79.0 cm³/mol.